The van der Waals surface area contributed by atoms with Crippen LogP contribution in [0.1, 0.15) is 19.8 Å². The van der Waals surface area contributed by atoms with Crippen LogP contribution in [0.3, 0.4) is 0 Å². The van der Waals surface area contributed by atoms with E-state index in [0.29, 0.717) is 25.3 Å². The number of carbonyl (C=O) groups excluding carboxylic acids is 1. The zero-order valence-electron chi connectivity index (χ0n) is 22.5. The van der Waals surface area contributed by atoms with E-state index in [4.69, 9.17) is 32.7 Å². The Balaban J connectivity index is 1.50. The van der Waals surface area contributed by atoms with Crippen LogP contribution < -0.4 is 9.21 Å². The Morgan fingerprint density at radius 2 is 1.80 bits per heavy atom. The first-order valence-electron chi connectivity index (χ1n) is 13.3. The second kappa shape index (κ2) is 12.7. The summed E-state index contributed by atoms with van der Waals surface area (Å²) in [6.45, 7) is 4.66. The Morgan fingerprint density at radius 1 is 1.05 bits per heavy atom. The minimum absolute atomic E-state index is 0.127. The number of hydrogen-bond acceptors (Lipinski definition) is 7. The first-order valence-corrected chi connectivity index (χ1v) is 15.5. The number of anilines is 2. The van der Waals surface area contributed by atoms with Crippen LogP contribution in [0.25, 0.3) is 16.7 Å². The number of fused-ring (bicyclic) bond motifs is 1. The molecule has 1 fully saturated rings. The van der Waals surface area contributed by atoms with Crippen LogP contribution in [0.4, 0.5) is 11.4 Å². The normalized spacial score (nSPS) is 13.9. The van der Waals surface area contributed by atoms with Crippen molar-refractivity contribution in [3.63, 3.8) is 0 Å². The van der Waals surface area contributed by atoms with E-state index in [9.17, 15) is 13.2 Å². The number of unbranched alkanes of at least 4 members (excludes halogenated alkanes) is 1. The summed E-state index contributed by atoms with van der Waals surface area (Å²) in [6.07, 6.45) is 5.18. The van der Waals surface area contributed by atoms with Crippen molar-refractivity contribution >= 4 is 61.5 Å². The second-order valence-corrected chi connectivity index (χ2v) is 12.3. The molecule has 5 rings (SSSR count). The number of hydrogen-bond donors (Lipinski definition) is 0. The van der Waals surface area contributed by atoms with Gasteiger partial charge in [-0.1, -0.05) is 36.5 Å². The first-order chi connectivity index (χ1) is 19.8. The van der Waals surface area contributed by atoms with Gasteiger partial charge in [-0.15, -0.1) is 0 Å². The molecule has 41 heavy (non-hydrogen) atoms. The van der Waals surface area contributed by atoms with Crippen molar-refractivity contribution < 1.29 is 22.7 Å². The maximum absolute atomic E-state index is 13.8. The maximum Gasteiger partial charge on any atom is 0.326 e. The Bertz CT molecular complexity index is 1630. The van der Waals surface area contributed by atoms with E-state index < -0.39 is 22.5 Å². The summed E-state index contributed by atoms with van der Waals surface area (Å²) < 4.78 is 41.4. The number of nitrogens with zero attached hydrogens (tertiary/aromatic N) is 4. The molecule has 1 aliphatic rings. The molecule has 12 heteroatoms. The molecule has 0 saturated carbocycles. The summed E-state index contributed by atoms with van der Waals surface area (Å²) in [7, 11) is -4.23. The molecule has 0 atom stereocenters. The molecule has 0 spiro atoms. The number of ether oxygens (including phenoxy) is 2. The number of pyridine rings is 1. The molecule has 0 unspecified atom stereocenters. The molecule has 216 valence electrons. The van der Waals surface area contributed by atoms with Crippen molar-refractivity contribution in [3.05, 3.63) is 77.0 Å². The Hall–Kier alpha value is -3.31. The van der Waals surface area contributed by atoms with Crippen LogP contribution >= 0.6 is 23.2 Å². The van der Waals surface area contributed by atoms with Crippen LogP contribution in [0.15, 0.2) is 71.9 Å². The molecule has 4 aromatic rings. The molecule has 2 aromatic carbocycles. The van der Waals surface area contributed by atoms with E-state index >= 15 is 0 Å². The van der Waals surface area contributed by atoms with Gasteiger partial charge in [0.25, 0.3) is 10.0 Å². The highest BCUT2D eigenvalue weighted by molar-refractivity contribution is 7.92. The van der Waals surface area contributed by atoms with Gasteiger partial charge in [-0.25, -0.2) is 13.4 Å². The summed E-state index contributed by atoms with van der Waals surface area (Å²) in [5.74, 6) is 0.0752. The molecule has 0 aliphatic carbocycles. The van der Waals surface area contributed by atoms with Gasteiger partial charge >= 0.3 is 5.97 Å². The molecule has 1 saturated heterocycles. The average molecular weight is 618 g/mol. The van der Waals surface area contributed by atoms with Crippen molar-refractivity contribution in [2.75, 3.05) is 48.7 Å². The van der Waals surface area contributed by atoms with Crippen LogP contribution in [0.5, 0.6) is 0 Å². The molecule has 0 bridgehead atoms. The van der Waals surface area contributed by atoms with Gasteiger partial charge in [0.1, 0.15) is 12.4 Å². The first kappa shape index (κ1) is 29.2. The molecule has 0 N–H and O–H groups in total. The van der Waals surface area contributed by atoms with Gasteiger partial charge in [-0.05, 0) is 55.0 Å². The lowest BCUT2D eigenvalue weighted by atomic mass is 10.2. The summed E-state index contributed by atoms with van der Waals surface area (Å²) in [4.78, 5) is 19.4. The van der Waals surface area contributed by atoms with Crippen molar-refractivity contribution in [1.29, 1.82) is 0 Å². The maximum atomic E-state index is 13.8. The molecular formula is C29H30Cl2N4O5S. The number of rotatable bonds is 10. The lowest BCUT2D eigenvalue weighted by Gasteiger charge is -2.29. The number of carbonyl (C=O) groups is 1. The van der Waals surface area contributed by atoms with E-state index in [1.165, 1.54) is 18.2 Å². The highest BCUT2D eigenvalue weighted by Gasteiger charge is 2.29. The Labute approximate surface area is 249 Å². The molecule has 0 radical (unpaired) electrons. The summed E-state index contributed by atoms with van der Waals surface area (Å²) in [6, 6.07) is 15.1. The van der Waals surface area contributed by atoms with Gasteiger partial charge in [0, 0.05) is 52.7 Å². The van der Waals surface area contributed by atoms with Crippen LogP contribution in [-0.4, -0.2) is 63.4 Å². The molecule has 0 amide bonds. The van der Waals surface area contributed by atoms with E-state index in [1.54, 1.807) is 18.3 Å². The van der Waals surface area contributed by atoms with Crippen LogP contribution in [-0.2, 0) is 24.3 Å². The largest absolute Gasteiger partial charge is 0.464 e. The van der Waals surface area contributed by atoms with Crippen molar-refractivity contribution in [2.45, 2.75) is 24.7 Å². The van der Waals surface area contributed by atoms with Crippen LogP contribution in [0.2, 0.25) is 10.0 Å². The lowest BCUT2D eigenvalue weighted by Crippen LogP contribution is -2.36. The minimum Gasteiger partial charge on any atom is -0.464 e. The SMILES string of the molecule is CCCCOC(=O)CN(c1ccc2c(ccn2-c2cc(N3CCOCC3)ccn2)c1)S(=O)(=O)c1cc(Cl)cc(Cl)c1. The Morgan fingerprint density at radius 3 is 2.54 bits per heavy atom. The highest BCUT2D eigenvalue weighted by atomic mass is 35.5. The fourth-order valence-electron chi connectivity index (χ4n) is 4.66. The summed E-state index contributed by atoms with van der Waals surface area (Å²) in [5, 5.41) is 1.10. The Kier molecular flexibility index (Phi) is 9.03. The highest BCUT2D eigenvalue weighted by Crippen LogP contribution is 2.31. The number of benzene rings is 2. The summed E-state index contributed by atoms with van der Waals surface area (Å²) >= 11 is 12.2. The van der Waals surface area contributed by atoms with Gasteiger partial charge in [0.2, 0.25) is 0 Å². The van der Waals surface area contributed by atoms with Gasteiger partial charge in [0.05, 0.1) is 35.9 Å². The zero-order chi connectivity index (χ0) is 29.0. The average Bonchev–Trinajstić information content (AvgIpc) is 3.39. The third-order valence-corrected chi connectivity index (χ3v) is 8.96. The third kappa shape index (κ3) is 6.62. The fraction of sp³-hybridized carbons (Fsp3) is 0.310. The lowest BCUT2D eigenvalue weighted by molar-refractivity contribution is -0.141. The van der Waals surface area contributed by atoms with Crippen molar-refractivity contribution in [3.8, 4) is 5.82 Å². The smallest absolute Gasteiger partial charge is 0.326 e. The van der Waals surface area contributed by atoms with Crippen molar-refractivity contribution in [1.82, 2.24) is 9.55 Å². The molecule has 2 aromatic heterocycles. The number of sulfonamides is 1. The zero-order valence-corrected chi connectivity index (χ0v) is 24.8. The topological polar surface area (TPSA) is 94.0 Å². The number of aromatic nitrogens is 2. The van der Waals surface area contributed by atoms with E-state index in [0.717, 1.165) is 46.2 Å². The van der Waals surface area contributed by atoms with E-state index in [-0.39, 0.29) is 21.5 Å². The second-order valence-electron chi connectivity index (χ2n) is 9.59. The van der Waals surface area contributed by atoms with Gasteiger partial charge in [-0.3, -0.25) is 9.10 Å². The van der Waals surface area contributed by atoms with Gasteiger partial charge in [0.15, 0.2) is 0 Å². The predicted molar refractivity (Wildman–Crippen MR) is 161 cm³/mol. The quantitative estimate of drug-likeness (QED) is 0.166. The third-order valence-electron chi connectivity index (χ3n) is 6.77. The van der Waals surface area contributed by atoms with E-state index in [2.05, 4.69) is 9.88 Å². The molecular weight excluding hydrogens is 587 g/mol. The minimum atomic E-state index is -4.23. The fourth-order valence-corrected chi connectivity index (χ4v) is 6.78. The monoisotopic (exact) mass is 616 g/mol. The van der Waals surface area contributed by atoms with Crippen LogP contribution in [0, 0.1) is 0 Å². The molecule has 1 aliphatic heterocycles. The summed E-state index contributed by atoms with van der Waals surface area (Å²) in [5.41, 5.74) is 2.18. The predicted octanol–water partition coefficient (Wildman–Crippen LogP) is 5.71. The van der Waals surface area contributed by atoms with E-state index in [1.807, 2.05) is 42.0 Å². The number of halogens is 2. The number of esters is 1. The van der Waals surface area contributed by atoms with Gasteiger partial charge in [-0.2, -0.15) is 0 Å². The van der Waals surface area contributed by atoms with Gasteiger partial charge < -0.3 is 18.9 Å². The standard InChI is InChI=1S/C29H30Cl2N4O5S/c1-2-3-12-40-29(36)20-35(41(37,38)26-17-22(30)16-23(31)18-26)25-4-5-27-21(15-25)7-9-34(27)28-19-24(6-8-32-28)33-10-13-39-14-11-33/h4-9,15-19H,2-3,10-14,20H2,1H3. The molecule has 3 heterocycles. The molecule has 9 nitrogen and oxygen atoms in total. The van der Waals surface area contributed by atoms with Crippen molar-refractivity contribution in [2.24, 2.45) is 0 Å². The number of morpholine rings is 1.